The lowest BCUT2D eigenvalue weighted by atomic mass is 10.2. The Hall–Kier alpha value is -2.03. The minimum Gasteiger partial charge on any atom is -0.353 e. The molecule has 1 fully saturated rings. The van der Waals surface area contributed by atoms with Crippen molar-refractivity contribution in [3.05, 3.63) is 54.3 Å². The average Bonchev–Trinajstić information content (AvgIpc) is 3.06. The second kappa shape index (κ2) is 6.36. The molecule has 4 rings (SSSR count). The zero-order valence-electron chi connectivity index (χ0n) is 13.3. The Kier molecular flexibility index (Phi) is 4.18. The lowest BCUT2D eigenvalue weighted by Gasteiger charge is -2.34. The molecule has 0 saturated carbocycles. The molecular weight excluding hydrogens is 361 g/mol. The summed E-state index contributed by atoms with van der Waals surface area (Å²) in [5, 5.41) is 1.10. The van der Waals surface area contributed by atoms with Crippen LogP contribution in [0.5, 0.6) is 0 Å². The molecule has 2 heterocycles. The number of sulfonamides is 1. The molecule has 0 aliphatic carbocycles. The molecule has 1 saturated heterocycles. The number of nitrogens with zero attached hydrogens (tertiary/aromatic N) is 3. The fourth-order valence-electron chi connectivity index (χ4n) is 3.00. The molecule has 130 valence electrons. The lowest BCUT2D eigenvalue weighted by Crippen LogP contribution is -2.48. The van der Waals surface area contributed by atoms with E-state index in [9.17, 15) is 12.8 Å². The van der Waals surface area contributed by atoms with E-state index in [2.05, 4.69) is 9.27 Å². The Morgan fingerprint density at radius 3 is 2.36 bits per heavy atom. The number of fused-ring (bicyclic) bond motifs is 1. The number of aromatic nitrogens is 1. The zero-order valence-corrected chi connectivity index (χ0v) is 14.9. The van der Waals surface area contributed by atoms with Crippen LogP contribution in [0.2, 0.25) is 0 Å². The number of piperazine rings is 1. The number of rotatable bonds is 3. The van der Waals surface area contributed by atoms with Crippen molar-refractivity contribution in [1.29, 1.82) is 0 Å². The molecule has 1 aromatic heterocycles. The molecule has 1 aliphatic heterocycles. The third-order valence-corrected chi connectivity index (χ3v) is 7.08. The fourth-order valence-corrected chi connectivity index (χ4v) is 5.21. The third kappa shape index (κ3) is 3.01. The molecule has 0 unspecified atom stereocenters. The van der Waals surface area contributed by atoms with Crippen LogP contribution in [-0.4, -0.2) is 43.3 Å². The minimum atomic E-state index is -3.59. The Bertz CT molecular complexity index is 994. The lowest BCUT2D eigenvalue weighted by molar-refractivity contribution is 0.384. The van der Waals surface area contributed by atoms with Gasteiger partial charge in [-0.15, -0.1) is 0 Å². The van der Waals surface area contributed by atoms with Crippen LogP contribution in [0, 0.1) is 5.82 Å². The van der Waals surface area contributed by atoms with Crippen LogP contribution in [0.4, 0.5) is 10.2 Å². The summed E-state index contributed by atoms with van der Waals surface area (Å²) in [4.78, 5) is 2.25. The van der Waals surface area contributed by atoms with Crippen LogP contribution >= 0.6 is 11.5 Å². The van der Waals surface area contributed by atoms with E-state index < -0.39 is 15.8 Å². The largest absolute Gasteiger partial charge is 0.353 e. The van der Waals surface area contributed by atoms with E-state index in [0.717, 1.165) is 15.9 Å². The smallest absolute Gasteiger partial charge is 0.243 e. The molecule has 2 aromatic carbocycles. The molecule has 0 N–H and O–H groups in total. The van der Waals surface area contributed by atoms with Gasteiger partial charge in [-0.3, -0.25) is 0 Å². The highest BCUT2D eigenvalue weighted by Gasteiger charge is 2.29. The van der Waals surface area contributed by atoms with E-state index in [0.29, 0.717) is 26.2 Å². The highest BCUT2D eigenvalue weighted by Crippen LogP contribution is 2.30. The Morgan fingerprint density at radius 2 is 1.64 bits per heavy atom. The van der Waals surface area contributed by atoms with Gasteiger partial charge in [-0.05, 0) is 47.9 Å². The average molecular weight is 377 g/mol. The highest BCUT2D eigenvalue weighted by molar-refractivity contribution is 7.89. The number of anilines is 1. The maximum Gasteiger partial charge on any atom is 0.243 e. The quantitative estimate of drug-likeness (QED) is 0.704. The molecular formula is C17H16FN3O2S2. The Balaban J connectivity index is 1.52. The molecule has 0 amide bonds. The summed E-state index contributed by atoms with van der Waals surface area (Å²) >= 11 is 1.45. The Morgan fingerprint density at radius 1 is 0.960 bits per heavy atom. The molecule has 25 heavy (non-hydrogen) atoms. The van der Waals surface area contributed by atoms with Gasteiger partial charge in [0.1, 0.15) is 11.6 Å². The van der Waals surface area contributed by atoms with Gasteiger partial charge in [-0.1, -0.05) is 12.1 Å². The normalized spacial score (nSPS) is 16.4. The van der Waals surface area contributed by atoms with E-state index in [-0.39, 0.29) is 4.90 Å². The molecule has 0 atom stereocenters. The molecule has 0 spiro atoms. The van der Waals surface area contributed by atoms with E-state index in [4.69, 9.17) is 0 Å². The molecule has 3 aromatic rings. The van der Waals surface area contributed by atoms with Gasteiger partial charge < -0.3 is 4.90 Å². The summed E-state index contributed by atoms with van der Waals surface area (Å²) in [5.41, 5.74) is 0. The summed E-state index contributed by atoms with van der Waals surface area (Å²) in [6.45, 7) is 1.92. The van der Waals surface area contributed by atoms with Crippen LogP contribution in [0.25, 0.3) is 10.1 Å². The van der Waals surface area contributed by atoms with Crippen LogP contribution < -0.4 is 4.90 Å². The van der Waals surface area contributed by atoms with Gasteiger partial charge in [-0.2, -0.15) is 8.68 Å². The van der Waals surface area contributed by atoms with Gasteiger partial charge in [0.05, 0.1) is 9.60 Å². The summed E-state index contributed by atoms with van der Waals surface area (Å²) in [6.07, 6.45) is 0. The first-order chi connectivity index (χ1) is 12.1. The van der Waals surface area contributed by atoms with E-state index in [1.54, 1.807) is 0 Å². The standard InChI is InChI=1S/C17H16FN3O2S2/c18-13-5-7-14(8-6-13)25(22,23)21-11-9-20(10-12-21)17-15-3-1-2-4-16(15)24-19-17/h1-8H,9-12H2. The van der Waals surface area contributed by atoms with Gasteiger partial charge in [0.15, 0.2) is 0 Å². The van der Waals surface area contributed by atoms with E-state index in [1.807, 2.05) is 24.3 Å². The molecule has 0 bridgehead atoms. The minimum absolute atomic E-state index is 0.126. The topological polar surface area (TPSA) is 53.5 Å². The Labute approximate surface area is 149 Å². The number of hydrogen-bond acceptors (Lipinski definition) is 5. The second-order valence-corrected chi connectivity index (χ2v) is 8.59. The SMILES string of the molecule is O=S(=O)(c1ccc(F)cc1)N1CCN(c2nsc3ccccc23)CC1. The first-order valence-corrected chi connectivity index (χ1v) is 10.1. The molecule has 0 radical (unpaired) electrons. The van der Waals surface area contributed by atoms with E-state index >= 15 is 0 Å². The highest BCUT2D eigenvalue weighted by atomic mass is 32.2. The van der Waals surface area contributed by atoms with Crippen molar-refractivity contribution in [3.8, 4) is 0 Å². The van der Waals surface area contributed by atoms with Crippen molar-refractivity contribution in [3.63, 3.8) is 0 Å². The van der Waals surface area contributed by atoms with Crippen molar-refractivity contribution in [2.45, 2.75) is 4.90 Å². The summed E-state index contributed by atoms with van der Waals surface area (Å²) in [5.74, 6) is 0.471. The van der Waals surface area contributed by atoms with Crippen LogP contribution in [0.15, 0.2) is 53.4 Å². The van der Waals surface area contributed by atoms with Gasteiger partial charge in [-0.25, -0.2) is 12.8 Å². The van der Waals surface area contributed by atoms with Gasteiger partial charge >= 0.3 is 0 Å². The molecule has 5 nitrogen and oxygen atoms in total. The number of benzene rings is 2. The van der Waals surface area contributed by atoms with Gasteiger partial charge in [0.2, 0.25) is 10.0 Å². The van der Waals surface area contributed by atoms with Gasteiger partial charge in [0, 0.05) is 31.6 Å². The second-order valence-electron chi connectivity index (χ2n) is 5.85. The maximum atomic E-state index is 13.0. The first kappa shape index (κ1) is 16.4. The first-order valence-electron chi connectivity index (χ1n) is 7.91. The van der Waals surface area contributed by atoms with Crippen molar-refractivity contribution >= 4 is 37.5 Å². The van der Waals surface area contributed by atoms with Crippen LogP contribution in [0.1, 0.15) is 0 Å². The van der Waals surface area contributed by atoms with Crippen molar-refractivity contribution < 1.29 is 12.8 Å². The molecule has 1 aliphatic rings. The van der Waals surface area contributed by atoms with Crippen molar-refractivity contribution in [2.75, 3.05) is 31.1 Å². The third-order valence-electron chi connectivity index (χ3n) is 4.35. The van der Waals surface area contributed by atoms with Crippen LogP contribution in [-0.2, 0) is 10.0 Å². The van der Waals surface area contributed by atoms with Crippen LogP contribution in [0.3, 0.4) is 0 Å². The summed E-state index contributed by atoms with van der Waals surface area (Å²) in [7, 11) is -3.59. The fraction of sp³-hybridized carbons (Fsp3) is 0.235. The van der Waals surface area contributed by atoms with Gasteiger partial charge in [0.25, 0.3) is 0 Å². The zero-order chi connectivity index (χ0) is 17.4. The van der Waals surface area contributed by atoms with Crippen molar-refractivity contribution in [1.82, 2.24) is 8.68 Å². The maximum absolute atomic E-state index is 13.0. The predicted molar refractivity (Wildman–Crippen MR) is 97.0 cm³/mol. The summed E-state index contributed by atoms with van der Waals surface area (Å²) in [6, 6.07) is 13.0. The van der Waals surface area contributed by atoms with Crippen molar-refractivity contribution in [2.24, 2.45) is 0 Å². The summed E-state index contributed by atoms with van der Waals surface area (Å²) < 4.78 is 45.5. The number of halogens is 1. The molecule has 8 heteroatoms. The monoisotopic (exact) mass is 377 g/mol. The van der Waals surface area contributed by atoms with E-state index in [1.165, 1.54) is 40.1 Å². The predicted octanol–water partition coefficient (Wildman–Crippen LogP) is 2.95. The number of hydrogen-bond donors (Lipinski definition) is 0.